The summed E-state index contributed by atoms with van der Waals surface area (Å²) in [5, 5.41) is 3.29. The third kappa shape index (κ3) is 5.85. The highest BCUT2D eigenvalue weighted by molar-refractivity contribution is 5.14. The van der Waals surface area contributed by atoms with Crippen LogP contribution in [0.5, 0.6) is 0 Å². The van der Waals surface area contributed by atoms with Crippen LogP contribution in [-0.2, 0) is 11.2 Å². The van der Waals surface area contributed by atoms with E-state index in [2.05, 4.69) is 49.5 Å². The second-order valence-electron chi connectivity index (χ2n) is 4.80. The Morgan fingerprint density at radius 2 is 1.88 bits per heavy atom. The van der Waals surface area contributed by atoms with Crippen LogP contribution in [0.2, 0.25) is 0 Å². The summed E-state index contributed by atoms with van der Waals surface area (Å²) in [4.78, 5) is 0. The third-order valence-electron chi connectivity index (χ3n) is 3.07. The Morgan fingerprint density at radius 1 is 1.18 bits per heavy atom. The van der Waals surface area contributed by atoms with Gasteiger partial charge >= 0.3 is 0 Å². The van der Waals surface area contributed by atoms with E-state index in [1.165, 1.54) is 5.56 Å². The Balaban J connectivity index is 2.08. The number of hydrogen-bond acceptors (Lipinski definition) is 2. The zero-order valence-electron chi connectivity index (χ0n) is 11.3. The van der Waals surface area contributed by atoms with Gasteiger partial charge in [-0.1, -0.05) is 44.2 Å². The maximum Gasteiger partial charge on any atom is 0.0621 e. The van der Waals surface area contributed by atoms with Gasteiger partial charge in [-0.15, -0.1) is 0 Å². The molecule has 0 aliphatic rings. The molecule has 0 fully saturated rings. The fraction of sp³-hybridized carbons (Fsp3) is 0.600. The summed E-state index contributed by atoms with van der Waals surface area (Å²) < 4.78 is 5.71. The number of benzene rings is 1. The van der Waals surface area contributed by atoms with Gasteiger partial charge in [-0.3, -0.25) is 0 Å². The average Bonchev–Trinajstić information content (AvgIpc) is 2.34. The molecule has 17 heavy (non-hydrogen) atoms. The molecular weight excluding hydrogens is 210 g/mol. The number of likely N-dealkylation sites (N-methyl/N-ethyl adjacent to an activating group) is 1. The van der Waals surface area contributed by atoms with Crippen molar-refractivity contribution in [1.82, 2.24) is 5.32 Å². The molecule has 1 unspecified atom stereocenters. The van der Waals surface area contributed by atoms with Crippen molar-refractivity contribution in [3.8, 4) is 0 Å². The van der Waals surface area contributed by atoms with Crippen LogP contribution in [0, 0.1) is 5.92 Å². The van der Waals surface area contributed by atoms with Gasteiger partial charge in [0.25, 0.3) is 0 Å². The molecule has 1 aromatic carbocycles. The van der Waals surface area contributed by atoms with Gasteiger partial charge in [0.1, 0.15) is 0 Å². The van der Waals surface area contributed by atoms with Crippen molar-refractivity contribution in [3.63, 3.8) is 0 Å². The Kier molecular flexibility index (Phi) is 6.90. The van der Waals surface area contributed by atoms with Gasteiger partial charge < -0.3 is 10.1 Å². The molecule has 0 saturated carbocycles. The van der Waals surface area contributed by atoms with Crippen molar-refractivity contribution in [2.75, 3.05) is 20.3 Å². The van der Waals surface area contributed by atoms with E-state index in [9.17, 15) is 0 Å². The van der Waals surface area contributed by atoms with Crippen LogP contribution in [-0.4, -0.2) is 26.3 Å². The van der Waals surface area contributed by atoms with Crippen LogP contribution in [0.1, 0.15) is 25.8 Å². The van der Waals surface area contributed by atoms with Crippen LogP contribution in [0.3, 0.4) is 0 Å². The van der Waals surface area contributed by atoms with Gasteiger partial charge in [-0.2, -0.15) is 0 Å². The van der Waals surface area contributed by atoms with Gasteiger partial charge in [0.2, 0.25) is 0 Å². The molecule has 96 valence electrons. The Bertz CT molecular complexity index is 284. The summed E-state index contributed by atoms with van der Waals surface area (Å²) in [6.07, 6.45) is 2.20. The normalized spacial score (nSPS) is 12.9. The molecule has 0 aliphatic carbocycles. The zero-order chi connectivity index (χ0) is 12.5. The maximum absolute atomic E-state index is 5.71. The lowest BCUT2D eigenvalue weighted by Crippen LogP contribution is -2.35. The topological polar surface area (TPSA) is 21.3 Å². The highest BCUT2D eigenvalue weighted by Gasteiger charge is 2.09. The van der Waals surface area contributed by atoms with E-state index < -0.39 is 0 Å². The summed E-state index contributed by atoms with van der Waals surface area (Å²) in [7, 11) is 2.00. The van der Waals surface area contributed by atoms with Gasteiger partial charge in [0, 0.05) is 12.6 Å². The predicted octanol–water partition coefficient (Wildman–Crippen LogP) is 2.88. The highest BCUT2D eigenvalue weighted by Crippen LogP contribution is 2.04. The van der Waals surface area contributed by atoms with E-state index in [0.29, 0.717) is 12.0 Å². The van der Waals surface area contributed by atoms with Gasteiger partial charge in [-0.05, 0) is 31.4 Å². The first-order chi connectivity index (χ1) is 8.24. The number of hydrogen-bond donors (Lipinski definition) is 1. The molecule has 0 heterocycles. The monoisotopic (exact) mass is 235 g/mol. The van der Waals surface area contributed by atoms with E-state index in [1.807, 2.05) is 7.05 Å². The van der Waals surface area contributed by atoms with Crippen molar-refractivity contribution >= 4 is 0 Å². The smallest absolute Gasteiger partial charge is 0.0621 e. The molecule has 0 radical (unpaired) electrons. The molecule has 0 bridgehead atoms. The molecular formula is C15H25NO. The number of aryl methyl sites for hydroxylation is 1. The first-order valence-corrected chi connectivity index (χ1v) is 6.53. The number of ether oxygens (including phenoxy) is 1. The molecule has 1 atom stereocenters. The van der Waals surface area contributed by atoms with E-state index in [0.717, 1.165) is 26.1 Å². The molecule has 1 N–H and O–H groups in total. The third-order valence-corrected chi connectivity index (χ3v) is 3.07. The minimum absolute atomic E-state index is 0.465. The van der Waals surface area contributed by atoms with Crippen LogP contribution < -0.4 is 5.32 Å². The van der Waals surface area contributed by atoms with Crippen LogP contribution in [0.4, 0.5) is 0 Å². The minimum atomic E-state index is 0.465. The van der Waals surface area contributed by atoms with Crippen molar-refractivity contribution in [1.29, 1.82) is 0 Å². The standard InChI is InChI=1S/C15H25NO/c1-13(2)15(16-3)12-17-11-7-10-14-8-5-4-6-9-14/h4-6,8-9,13,15-16H,7,10-12H2,1-3H3. The van der Waals surface area contributed by atoms with Crippen LogP contribution in [0.25, 0.3) is 0 Å². The lowest BCUT2D eigenvalue weighted by Gasteiger charge is -2.19. The largest absolute Gasteiger partial charge is 0.380 e. The molecule has 0 spiro atoms. The van der Waals surface area contributed by atoms with Crippen molar-refractivity contribution in [2.45, 2.75) is 32.7 Å². The van der Waals surface area contributed by atoms with Crippen LogP contribution in [0.15, 0.2) is 30.3 Å². The number of nitrogens with one attached hydrogen (secondary N) is 1. The van der Waals surface area contributed by atoms with Crippen LogP contribution >= 0.6 is 0 Å². The van der Waals surface area contributed by atoms with Gasteiger partial charge in [0.15, 0.2) is 0 Å². The molecule has 0 aliphatic heterocycles. The summed E-state index contributed by atoms with van der Waals surface area (Å²) in [6, 6.07) is 11.0. The van der Waals surface area contributed by atoms with E-state index in [4.69, 9.17) is 4.74 Å². The van der Waals surface area contributed by atoms with Crippen molar-refractivity contribution in [2.24, 2.45) is 5.92 Å². The summed E-state index contributed by atoms with van der Waals surface area (Å²) in [5.41, 5.74) is 1.39. The Labute approximate surface area is 105 Å². The zero-order valence-corrected chi connectivity index (χ0v) is 11.3. The average molecular weight is 235 g/mol. The second-order valence-corrected chi connectivity index (χ2v) is 4.80. The van der Waals surface area contributed by atoms with Gasteiger partial charge in [-0.25, -0.2) is 0 Å². The van der Waals surface area contributed by atoms with Gasteiger partial charge in [0.05, 0.1) is 6.61 Å². The maximum atomic E-state index is 5.71. The highest BCUT2D eigenvalue weighted by atomic mass is 16.5. The molecule has 0 aromatic heterocycles. The van der Waals surface area contributed by atoms with E-state index in [1.54, 1.807) is 0 Å². The Hall–Kier alpha value is -0.860. The molecule has 2 heteroatoms. The van der Waals surface area contributed by atoms with E-state index in [-0.39, 0.29) is 0 Å². The number of rotatable bonds is 8. The first-order valence-electron chi connectivity index (χ1n) is 6.53. The SMILES string of the molecule is CNC(COCCCc1ccccc1)C(C)C. The molecule has 0 amide bonds. The molecule has 2 nitrogen and oxygen atoms in total. The van der Waals surface area contributed by atoms with E-state index >= 15 is 0 Å². The summed E-state index contributed by atoms with van der Waals surface area (Å²) >= 11 is 0. The predicted molar refractivity (Wildman–Crippen MR) is 73.3 cm³/mol. The molecule has 0 saturated heterocycles. The molecule has 1 aromatic rings. The fourth-order valence-corrected chi connectivity index (χ4v) is 1.84. The fourth-order valence-electron chi connectivity index (χ4n) is 1.84. The first kappa shape index (κ1) is 14.2. The summed E-state index contributed by atoms with van der Waals surface area (Å²) in [6.45, 7) is 6.09. The molecule has 1 rings (SSSR count). The summed E-state index contributed by atoms with van der Waals surface area (Å²) in [5.74, 6) is 0.620. The van der Waals surface area contributed by atoms with Crippen molar-refractivity contribution < 1.29 is 4.74 Å². The quantitative estimate of drug-likeness (QED) is 0.700. The lowest BCUT2D eigenvalue weighted by molar-refractivity contribution is 0.0989. The van der Waals surface area contributed by atoms with Crippen molar-refractivity contribution in [3.05, 3.63) is 35.9 Å². The lowest BCUT2D eigenvalue weighted by atomic mass is 10.1. The Morgan fingerprint density at radius 3 is 2.47 bits per heavy atom. The second kappa shape index (κ2) is 8.26. The minimum Gasteiger partial charge on any atom is -0.380 e.